The summed E-state index contributed by atoms with van der Waals surface area (Å²) in [5.41, 5.74) is -0.343. The van der Waals surface area contributed by atoms with Gasteiger partial charge in [-0.15, -0.1) is 11.8 Å². The summed E-state index contributed by atoms with van der Waals surface area (Å²) in [7, 11) is -3.53. The smallest absolute Gasteiger partial charge is 0.316 e. The number of hydrogen-bond donors (Lipinski definition) is 0. The molecule has 1 aromatic rings. The fourth-order valence-corrected chi connectivity index (χ4v) is 2.90. The zero-order chi connectivity index (χ0) is 16.9. The van der Waals surface area contributed by atoms with Gasteiger partial charge in [-0.25, -0.2) is 8.42 Å². The minimum atomic E-state index is -3.53. The van der Waals surface area contributed by atoms with E-state index in [4.69, 9.17) is 4.74 Å². The van der Waals surface area contributed by atoms with E-state index in [1.165, 1.54) is 12.1 Å². The Morgan fingerprint density at radius 3 is 2.59 bits per heavy atom. The molecular weight excluding hydrogens is 330 g/mol. The van der Waals surface area contributed by atoms with Crippen molar-refractivity contribution in [3.63, 3.8) is 0 Å². The molecule has 0 amide bonds. The molecule has 0 aliphatic heterocycles. The largest absolute Gasteiger partial charge is 0.462 e. The highest BCUT2D eigenvalue weighted by Gasteiger charge is 2.20. The molecule has 0 unspecified atom stereocenters. The summed E-state index contributed by atoms with van der Waals surface area (Å²) in [5, 5.41) is 11.1. The van der Waals surface area contributed by atoms with Crippen molar-refractivity contribution < 1.29 is 22.9 Å². The first-order chi connectivity index (χ1) is 10.1. The SMILES string of the molecule is CC[C@@H](C)OC(=O)CSc1ccc(S(C)(=O)=O)cc1[N+](=O)[O-]. The van der Waals surface area contributed by atoms with Gasteiger partial charge in [0.2, 0.25) is 0 Å². The predicted molar refractivity (Wildman–Crippen MR) is 82.8 cm³/mol. The van der Waals surface area contributed by atoms with Crippen LogP contribution in [0.1, 0.15) is 20.3 Å². The summed E-state index contributed by atoms with van der Waals surface area (Å²) in [5.74, 6) is -0.551. The Bertz CT molecular complexity index is 671. The van der Waals surface area contributed by atoms with Crippen LogP contribution in [0.4, 0.5) is 5.69 Å². The first-order valence-electron chi connectivity index (χ1n) is 6.46. The van der Waals surface area contributed by atoms with Crippen molar-refractivity contribution >= 4 is 33.3 Å². The second-order valence-corrected chi connectivity index (χ2v) is 7.69. The van der Waals surface area contributed by atoms with Gasteiger partial charge in [0, 0.05) is 12.3 Å². The second kappa shape index (κ2) is 7.59. The Labute approximate surface area is 133 Å². The highest BCUT2D eigenvalue weighted by Crippen LogP contribution is 2.31. The van der Waals surface area contributed by atoms with Crippen LogP contribution in [0.3, 0.4) is 0 Å². The molecule has 1 atom stereocenters. The maximum absolute atomic E-state index is 11.6. The van der Waals surface area contributed by atoms with E-state index in [1.807, 2.05) is 6.92 Å². The third kappa shape index (κ3) is 5.30. The Hall–Kier alpha value is -1.61. The Morgan fingerprint density at radius 2 is 2.09 bits per heavy atom. The monoisotopic (exact) mass is 347 g/mol. The van der Waals surface area contributed by atoms with Crippen LogP contribution in [-0.4, -0.2) is 37.4 Å². The average molecular weight is 347 g/mol. The van der Waals surface area contributed by atoms with Gasteiger partial charge in [-0.05, 0) is 25.5 Å². The van der Waals surface area contributed by atoms with Gasteiger partial charge in [-0.1, -0.05) is 6.92 Å². The summed E-state index contributed by atoms with van der Waals surface area (Å²) >= 11 is 0.944. The van der Waals surface area contributed by atoms with Crippen LogP contribution < -0.4 is 0 Å². The Morgan fingerprint density at radius 1 is 1.45 bits per heavy atom. The Kier molecular flexibility index (Phi) is 6.36. The molecule has 0 aromatic heterocycles. The highest BCUT2D eigenvalue weighted by atomic mass is 32.2. The summed E-state index contributed by atoms with van der Waals surface area (Å²) < 4.78 is 27.9. The van der Waals surface area contributed by atoms with Gasteiger partial charge >= 0.3 is 5.97 Å². The van der Waals surface area contributed by atoms with Gasteiger partial charge in [0.25, 0.3) is 5.69 Å². The number of hydrogen-bond acceptors (Lipinski definition) is 7. The number of sulfone groups is 1. The highest BCUT2D eigenvalue weighted by molar-refractivity contribution is 8.00. The van der Waals surface area contributed by atoms with Crippen LogP contribution >= 0.6 is 11.8 Å². The van der Waals surface area contributed by atoms with E-state index in [9.17, 15) is 23.3 Å². The standard InChI is InChI=1S/C13H17NO6S2/c1-4-9(2)20-13(15)8-21-12-6-5-10(22(3,18)19)7-11(12)14(16)17/h5-7,9H,4,8H2,1-3H3/t9-/m1/s1. The second-order valence-electron chi connectivity index (χ2n) is 4.66. The molecule has 0 bridgehead atoms. The van der Waals surface area contributed by atoms with Gasteiger partial charge < -0.3 is 4.74 Å². The minimum Gasteiger partial charge on any atom is -0.462 e. The van der Waals surface area contributed by atoms with Crippen LogP contribution in [-0.2, 0) is 19.4 Å². The van der Waals surface area contributed by atoms with E-state index in [2.05, 4.69) is 0 Å². The van der Waals surface area contributed by atoms with Crippen molar-refractivity contribution in [3.05, 3.63) is 28.3 Å². The van der Waals surface area contributed by atoms with Gasteiger partial charge in [0.1, 0.15) is 0 Å². The number of benzene rings is 1. The third-order valence-corrected chi connectivity index (χ3v) is 4.95. The molecule has 0 aliphatic carbocycles. The predicted octanol–water partition coefficient (Wildman–Crippen LogP) is 2.43. The first-order valence-corrected chi connectivity index (χ1v) is 9.33. The lowest BCUT2D eigenvalue weighted by Crippen LogP contribution is -2.15. The molecule has 0 spiro atoms. The molecule has 0 fully saturated rings. The summed E-state index contributed by atoms with van der Waals surface area (Å²) in [6.45, 7) is 3.63. The first kappa shape index (κ1) is 18.4. The van der Waals surface area contributed by atoms with Crippen LogP contribution in [0, 0.1) is 10.1 Å². The Balaban J connectivity index is 2.91. The number of nitro groups is 1. The molecule has 1 aromatic carbocycles. The summed E-state index contributed by atoms with van der Waals surface area (Å²) in [6.07, 6.45) is 1.44. The zero-order valence-corrected chi connectivity index (χ0v) is 14.1. The molecular formula is C13H17NO6S2. The molecule has 0 heterocycles. The molecule has 122 valence electrons. The van der Waals surface area contributed by atoms with E-state index in [0.717, 1.165) is 24.1 Å². The number of rotatable bonds is 7. The van der Waals surface area contributed by atoms with E-state index in [1.54, 1.807) is 6.92 Å². The molecule has 9 heteroatoms. The quantitative estimate of drug-likeness (QED) is 0.323. The van der Waals surface area contributed by atoms with Crippen LogP contribution in [0.5, 0.6) is 0 Å². The van der Waals surface area contributed by atoms with Crippen molar-refractivity contribution in [3.8, 4) is 0 Å². The van der Waals surface area contributed by atoms with Crippen LogP contribution in [0.2, 0.25) is 0 Å². The topological polar surface area (TPSA) is 104 Å². The molecule has 0 saturated heterocycles. The number of nitrogens with zero attached hydrogens (tertiary/aromatic N) is 1. The summed E-state index contributed by atoms with van der Waals surface area (Å²) in [4.78, 5) is 22.1. The minimum absolute atomic E-state index is 0.0800. The molecule has 1 rings (SSSR count). The van der Waals surface area contributed by atoms with E-state index in [-0.39, 0.29) is 27.3 Å². The molecule has 7 nitrogen and oxygen atoms in total. The van der Waals surface area contributed by atoms with E-state index < -0.39 is 20.7 Å². The fraction of sp³-hybridized carbons (Fsp3) is 0.462. The van der Waals surface area contributed by atoms with Crippen LogP contribution in [0.25, 0.3) is 0 Å². The lowest BCUT2D eigenvalue weighted by atomic mass is 10.3. The van der Waals surface area contributed by atoms with Crippen molar-refractivity contribution in [2.75, 3.05) is 12.0 Å². The van der Waals surface area contributed by atoms with Gasteiger partial charge in [0.05, 0.1) is 26.6 Å². The molecule has 22 heavy (non-hydrogen) atoms. The number of thioether (sulfide) groups is 1. The van der Waals surface area contributed by atoms with Crippen LogP contribution in [0.15, 0.2) is 28.0 Å². The lowest BCUT2D eigenvalue weighted by molar-refractivity contribution is -0.388. The normalized spacial score (nSPS) is 12.7. The van der Waals surface area contributed by atoms with Crippen molar-refractivity contribution in [1.82, 2.24) is 0 Å². The number of ether oxygens (including phenoxy) is 1. The lowest BCUT2D eigenvalue weighted by Gasteiger charge is -2.10. The number of nitro benzene ring substituents is 1. The van der Waals surface area contributed by atoms with Gasteiger partial charge in [0.15, 0.2) is 9.84 Å². The summed E-state index contributed by atoms with van der Waals surface area (Å²) in [6, 6.07) is 3.61. The molecule has 0 radical (unpaired) electrons. The third-order valence-electron chi connectivity index (χ3n) is 2.81. The van der Waals surface area contributed by atoms with E-state index >= 15 is 0 Å². The maximum Gasteiger partial charge on any atom is 0.316 e. The average Bonchev–Trinajstić information content (AvgIpc) is 2.43. The number of carbonyl (C=O) groups excluding carboxylic acids is 1. The van der Waals surface area contributed by atoms with Crippen molar-refractivity contribution in [1.29, 1.82) is 0 Å². The fourth-order valence-electron chi connectivity index (χ4n) is 1.47. The molecule has 0 saturated carbocycles. The zero-order valence-electron chi connectivity index (χ0n) is 12.4. The van der Waals surface area contributed by atoms with E-state index in [0.29, 0.717) is 6.42 Å². The van der Waals surface area contributed by atoms with Gasteiger partial charge in [-0.2, -0.15) is 0 Å². The maximum atomic E-state index is 11.6. The number of esters is 1. The van der Waals surface area contributed by atoms with Crippen molar-refractivity contribution in [2.24, 2.45) is 0 Å². The van der Waals surface area contributed by atoms with Gasteiger partial charge in [-0.3, -0.25) is 14.9 Å². The molecule has 0 N–H and O–H groups in total. The molecule has 0 aliphatic rings. The van der Waals surface area contributed by atoms with Crippen molar-refractivity contribution in [2.45, 2.75) is 36.2 Å². The number of carbonyl (C=O) groups is 1.